The molecule has 0 radical (unpaired) electrons. The fourth-order valence-electron chi connectivity index (χ4n) is 2.80. The second-order valence-corrected chi connectivity index (χ2v) is 5.35. The van der Waals surface area contributed by atoms with Crippen LogP contribution in [0.1, 0.15) is 32.1 Å². The average Bonchev–Trinajstić information content (AvgIpc) is 2.48. The SMILES string of the molecule is C1=C(CCNc2ccc3ccccc3c2)CCCC1. The fraction of sp³-hybridized carbons (Fsp3) is 0.333. The van der Waals surface area contributed by atoms with Crippen molar-refractivity contribution in [3.8, 4) is 0 Å². The quantitative estimate of drug-likeness (QED) is 0.742. The van der Waals surface area contributed by atoms with Gasteiger partial charge >= 0.3 is 0 Å². The van der Waals surface area contributed by atoms with Crippen molar-refractivity contribution in [2.45, 2.75) is 32.1 Å². The van der Waals surface area contributed by atoms with E-state index in [1.54, 1.807) is 5.57 Å². The van der Waals surface area contributed by atoms with Crippen LogP contribution in [-0.4, -0.2) is 6.54 Å². The van der Waals surface area contributed by atoms with E-state index in [-0.39, 0.29) is 0 Å². The first-order chi connectivity index (χ1) is 9.42. The molecule has 0 aliphatic heterocycles. The summed E-state index contributed by atoms with van der Waals surface area (Å²) >= 11 is 0. The second-order valence-electron chi connectivity index (χ2n) is 5.35. The Morgan fingerprint density at radius 3 is 2.68 bits per heavy atom. The van der Waals surface area contributed by atoms with Crippen LogP contribution < -0.4 is 5.32 Å². The smallest absolute Gasteiger partial charge is 0.0346 e. The van der Waals surface area contributed by atoms with Crippen LogP contribution in [0.2, 0.25) is 0 Å². The molecular weight excluding hydrogens is 230 g/mol. The molecule has 0 saturated heterocycles. The van der Waals surface area contributed by atoms with Crippen LogP contribution in [0.15, 0.2) is 54.1 Å². The van der Waals surface area contributed by atoms with Crippen molar-refractivity contribution >= 4 is 16.5 Å². The summed E-state index contributed by atoms with van der Waals surface area (Å²) in [6.45, 7) is 1.05. The number of benzene rings is 2. The zero-order chi connectivity index (χ0) is 12.9. The zero-order valence-corrected chi connectivity index (χ0v) is 11.4. The molecule has 2 aromatic carbocycles. The minimum atomic E-state index is 1.05. The summed E-state index contributed by atoms with van der Waals surface area (Å²) in [4.78, 5) is 0. The Balaban J connectivity index is 1.60. The third-order valence-corrected chi connectivity index (χ3v) is 3.91. The molecule has 19 heavy (non-hydrogen) atoms. The molecule has 0 aromatic heterocycles. The normalized spacial score (nSPS) is 15.3. The fourth-order valence-corrected chi connectivity index (χ4v) is 2.80. The monoisotopic (exact) mass is 251 g/mol. The topological polar surface area (TPSA) is 12.0 Å². The summed E-state index contributed by atoms with van der Waals surface area (Å²) in [5.41, 5.74) is 2.87. The van der Waals surface area contributed by atoms with Crippen molar-refractivity contribution in [3.05, 3.63) is 54.1 Å². The van der Waals surface area contributed by atoms with Gasteiger partial charge in [-0.15, -0.1) is 0 Å². The van der Waals surface area contributed by atoms with Gasteiger partial charge in [-0.2, -0.15) is 0 Å². The Kier molecular flexibility index (Phi) is 3.83. The van der Waals surface area contributed by atoms with Crippen molar-refractivity contribution in [1.82, 2.24) is 0 Å². The molecule has 2 aromatic rings. The number of rotatable bonds is 4. The van der Waals surface area contributed by atoms with Gasteiger partial charge in [-0.25, -0.2) is 0 Å². The van der Waals surface area contributed by atoms with Gasteiger partial charge in [0.05, 0.1) is 0 Å². The van der Waals surface area contributed by atoms with E-state index in [1.807, 2.05) is 0 Å². The molecule has 0 bridgehead atoms. The number of hydrogen-bond donors (Lipinski definition) is 1. The summed E-state index contributed by atoms with van der Waals surface area (Å²) in [5, 5.41) is 6.16. The number of fused-ring (bicyclic) bond motifs is 1. The molecule has 98 valence electrons. The van der Waals surface area contributed by atoms with E-state index in [0.717, 1.165) is 6.54 Å². The molecule has 0 atom stereocenters. The molecule has 0 amide bonds. The lowest BCUT2D eigenvalue weighted by molar-refractivity contribution is 0.679. The predicted molar refractivity (Wildman–Crippen MR) is 83.6 cm³/mol. The Bertz CT molecular complexity index is 583. The van der Waals surface area contributed by atoms with E-state index in [2.05, 4.69) is 53.9 Å². The molecule has 3 rings (SSSR count). The van der Waals surface area contributed by atoms with Crippen LogP contribution in [0.25, 0.3) is 10.8 Å². The van der Waals surface area contributed by atoms with Crippen LogP contribution in [0.3, 0.4) is 0 Å². The van der Waals surface area contributed by atoms with E-state index < -0.39 is 0 Å². The zero-order valence-electron chi connectivity index (χ0n) is 11.4. The highest BCUT2D eigenvalue weighted by molar-refractivity contribution is 5.85. The summed E-state index contributed by atoms with van der Waals surface area (Å²) in [5.74, 6) is 0. The first-order valence-electron chi connectivity index (χ1n) is 7.32. The summed E-state index contributed by atoms with van der Waals surface area (Å²) in [7, 11) is 0. The van der Waals surface area contributed by atoms with Gasteiger partial charge < -0.3 is 5.32 Å². The van der Waals surface area contributed by atoms with Crippen LogP contribution in [0, 0.1) is 0 Å². The van der Waals surface area contributed by atoms with Gasteiger partial charge in [0.15, 0.2) is 0 Å². The van der Waals surface area contributed by atoms with Crippen LogP contribution in [-0.2, 0) is 0 Å². The number of hydrogen-bond acceptors (Lipinski definition) is 1. The predicted octanol–water partition coefficient (Wildman–Crippen LogP) is 5.14. The Morgan fingerprint density at radius 2 is 1.84 bits per heavy atom. The first kappa shape index (κ1) is 12.3. The van der Waals surface area contributed by atoms with Gasteiger partial charge in [0.2, 0.25) is 0 Å². The maximum atomic E-state index is 3.54. The van der Waals surface area contributed by atoms with Crippen molar-refractivity contribution in [3.63, 3.8) is 0 Å². The molecule has 1 nitrogen and oxygen atoms in total. The van der Waals surface area contributed by atoms with Gasteiger partial charge in [0, 0.05) is 12.2 Å². The highest BCUT2D eigenvalue weighted by Crippen LogP contribution is 2.21. The highest BCUT2D eigenvalue weighted by Gasteiger charge is 2.03. The highest BCUT2D eigenvalue weighted by atomic mass is 14.9. The summed E-state index contributed by atoms with van der Waals surface area (Å²) in [6, 6.07) is 15.1. The van der Waals surface area contributed by atoms with E-state index in [1.165, 1.54) is 48.6 Å². The Labute approximate surface area is 115 Å². The molecule has 0 saturated carbocycles. The lowest BCUT2D eigenvalue weighted by Gasteiger charge is -2.13. The van der Waals surface area contributed by atoms with Crippen molar-refractivity contribution in [1.29, 1.82) is 0 Å². The van der Waals surface area contributed by atoms with Crippen LogP contribution in [0.4, 0.5) is 5.69 Å². The van der Waals surface area contributed by atoms with Gasteiger partial charge in [-0.1, -0.05) is 42.0 Å². The third kappa shape index (κ3) is 3.17. The summed E-state index contributed by atoms with van der Waals surface area (Å²) < 4.78 is 0. The molecular formula is C18H21N. The average molecular weight is 251 g/mol. The van der Waals surface area contributed by atoms with Crippen molar-refractivity contribution < 1.29 is 0 Å². The molecule has 1 aliphatic carbocycles. The van der Waals surface area contributed by atoms with E-state index >= 15 is 0 Å². The molecule has 0 spiro atoms. The van der Waals surface area contributed by atoms with Gasteiger partial charge in [0.25, 0.3) is 0 Å². The molecule has 0 heterocycles. The summed E-state index contributed by atoms with van der Waals surface area (Å²) in [6.07, 6.45) is 8.96. The maximum absolute atomic E-state index is 3.54. The number of nitrogens with one attached hydrogen (secondary N) is 1. The molecule has 0 fully saturated rings. The van der Waals surface area contributed by atoms with Gasteiger partial charge in [-0.05, 0) is 55.0 Å². The van der Waals surface area contributed by atoms with Crippen LogP contribution >= 0.6 is 0 Å². The largest absolute Gasteiger partial charge is 0.385 e. The van der Waals surface area contributed by atoms with Crippen molar-refractivity contribution in [2.75, 3.05) is 11.9 Å². The second kappa shape index (κ2) is 5.92. The molecule has 0 unspecified atom stereocenters. The first-order valence-corrected chi connectivity index (χ1v) is 7.32. The Morgan fingerprint density at radius 1 is 0.947 bits per heavy atom. The van der Waals surface area contributed by atoms with Crippen LogP contribution in [0.5, 0.6) is 0 Å². The molecule has 1 N–H and O–H groups in total. The van der Waals surface area contributed by atoms with Crippen molar-refractivity contribution in [2.24, 2.45) is 0 Å². The molecule has 1 heteroatoms. The lowest BCUT2D eigenvalue weighted by Crippen LogP contribution is -2.04. The van der Waals surface area contributed by atoms with Gasteiger partial charge in [-0.3, -0.25) is 0 Å². The van der Waals surface area contributed by atoms with E-state index in [0.29, 0.717) is 0 Å². The third-order valence-electron chi connectivity index (χ3n) is 3.91. The maximum Gasteiger partial charge on any atom is 0.0346 e. The van der Waals surface area contributed by atoms with E-state index in [4.69, 9.17) is 0 Å². The standard InChI is InChI=1S/C18H21N/c1-2-6-15(7-3-1)12-13-19-18-11-10-16-8-4-5-9-17(16)14-18/h4-6,8-11,14,19H,1-3,7,12-13H2. The minimum Gasteiger partial charge on any atom is -0.385 e. The van der Waals surface area contributed by atoms with Gasteiger partial charge in [0.1, 0.15) is 0 Å². The molecule has 1 aliphatic rings. The number of anilines is 1. The Hall–Kier alpha value is -1.76. The number of allylic oxidation sites excluding steroid dienone is 1. The minimum absolute atomic E-state index is 1.05. The van der Waals surface area contributed by atoms with E-state index in [9.17, 15) is 0 Å². The lowest BCUT2D eigenvalue weighted by atomic mass is 9.97.